The summed E-state index contributed by atoms with van der Waals surface area (Å²) in [5.74, 6) is 1.72. The standard InChI is InChI=1S/C24H33N5O/c1-18(2)14-22(30)29-13-7-9-20(17-29)23-21(19-8-6-10-25-15-19)16-26-24(27-23)28-11-4-3-5-12-28/h6,8,10,15-16,18,20H,3-5,7,9,11-14,17H2,1-2H3. The summed E-state index contributed by atoms with van der Waals surface area (Å²) in [4.78, 5) is 31.2. The van der Waals surface area contributed by atoms with Crippen LogP contribution in [0.25, 0.3) is 11.1 Å². The number of anilines is 1. The zero-order valence-corrected chi connectivity index (χ0v) is 18.3. The zero-order valence-electron chi connectivity index (χ0n) is 18.3. The van der Waals surface area contributed by atoms with E-state index in [9.17, 15) is 4.79 Å². The first-order valence-electron chi connectivity index (χ1n) is 11.4. The van der Waals surface area contributed by atoms with Crippen LogP contribution in [-0.4, -0.2) is 51.9 Å². The van der Waals surface area contributed by atoms with Crippen LogP contribution >= 0.6 is 0 Å². The van der Waals surface area contributed by atoms with E-state index in [1.807, 2.05) is 23.4 Å². The molecule has 2 fully saturated rings. The van der Waals surface area contributed by atoms with E-state index in [4.69, 9.17) is 9.97 Å². The molecule has 0 aliphatic carbocycles. The van der Waals surface area contributed by atoms with Crippen LogP contribution in [0.4, 0.5) is 5.95 Å². The van der Waals surface area contributed by atoms with Crippen molar-refractivity contribution in [3.8, 4) is 11.1 Å². The number of carbonyl (C=O) groups excluding carboxylic acids is 1. The molecule has 30 heavy (non-hydrogen) atoms. The quantitative estimate of drug-likeness (QED) is 0.740. The van der Waals surface area contributed by atoms with E-state index in [2.05, 4.69) is 29.8 Å². The van der Waals surface area contributed by atoms with Crippen molar-refractivity contribution in [1.82, 2.24) is 19.9 Å². The molecule has 1 amide bonds. The highest BCUT2D eigenvalue weighted by molar-refractivity contribution is 5.76. The van der Waals surface area contributed by atoms with Gasteiger partial charge in [-0.3, -0.25) is 9.78 Å². The van der Waals surface area contributed by atoms with E-state index in [0.29, 0.717) is 12.3 Å². The summed E-state index contributed by atoms with van der Waals surface area (Å²) in [5, 5.41) is 0. The average molecular weight is 408 g/mol. The Labute approximate surface area is 179 Å². The molecule has 1 atom stereocenters. The molecule has 0 aromatic carbocycles. The van der Waals surface area contributed by atoms with Crippen LogP contribution in [0.1, 0.15) is 64.0 Å². The third-order valence-corrected chi connectivity index (χ3v) is 6.16. The molecule has 2 aromatic heterocycles. The van der Waals surface area contributed by atoms with E-state index in [0.717, 1.165) is 61.8 Å². The van der Waals surface area contributed by atoms with Gasteiger partial charge in [-0.25, -0.2) is 9.97 Å². The Morgan fingerprint density at radius 2 is 1.97 bits per heavy atom. The molecule has 1 unspecified atom stereocenters. The molecule has 2 aliphatic heterocycles. The zero-order chi connectivity index (χ0) is 20.9. The van der Waals surface area contributed by atoms with Gasteiger partial charge < -0.3 is 9.80 Å². The summed E-state index contributed by atoms with van der Waals surface area (Å²) in [6.45, 7) is 7.86. The molecular weight excluding hydrogens is 374 g/mol. The Bertz CT molecular complexity index is 848. The van der Waals surface area contributed by atoms with Crippen molar-refractivity contribution in [3.63, 3.8) is 0 Å². The summed E-state index contributed by atoms with van der Waals surface area (Å²) >= 11 is 0. The summed E-state index contributed by atoms with van der Waals surface area (Å²) in [6.07, 6.45) is 12.0. The third-order valence-electron chi connectivity index (χ3n) is 6.16. The number of carbonyl (C=O) groups is 1. The number of pyridine rings is 1. The topological polar surface area (TPSA) is 62.2 Å². The van der Waals surface area contributed by atoms with Crippen LogP contribution in [0.2, 0.25) is 0 Å². The lowest BCUT2D eigenvalue weighted by molar-refractivity contribution is -0.133. The normalized spacial score (nSPS) is 19.9. The van der Waals surface area contributed by atoms with Gasteiger partial charge in [-0.05, 0) is 44.1 Å². The lowest BCUT2D eigenvalue weighted by Gasteiger charge is -2.34. The summed E-state index contributed by atoms with van der Waals surface area (Å²) in [7, 11) is 0. The molecule has 0 radical (unpaired) electrons. The lowest BCUT2D eigenvalue weighted by atomic mass is 9.90. The molecule has 0 bridgehead atoms. The second-order valence-electron chi connectivity index (χ2n) is 9.04. The Morgan fingerprint density at radius 3 is 2.70 bits per heavy atom. The van der Waals surface area contributed by atoms with Crippen LogP contribution in [0.3, 0.4) is 0 Å². The van der Waals surface area contributed by atoms with E-state index in [1.165, 1.54) is 19.3 Å². The van der Waals surface area contributed by atoms with Gasteiger partial charge in [0.05, 0.1) is 5.69 Å². The fraction of sp³-hybridized carbons (Fsp3) is 0.583. The predicted molar refractivity (Wildman–Crippen MR) is 119 cm³/mol. The Kier molecular flexibility index (Phi) is 6.60. The van der Waals surface area contributed by atoms with Crippen molar-refractivity contribution in [3.05, 3.63) is 36.4 Å². The second kappa shape index (κ2) is 9.54. The fourth-order valence-electron chi connectivity index (χ4n) is 4.59. The van der Waals surface area contributed by atoms with Crippen molar-refractivity contribution in [2.45, 2.75) is 58.3 Å². The minimum Gasteiger partial charge on any atom is -0.342 e. The molecule has 0 spiro atoms. The van der Waals surface area contributed by atoms with Crippen LogP contribution < -0.4 is 4.90 Å². The summed E-state index contributed by atoms with van der Waals surface area (Å²) in [5.41, 5.74) is 3.16. The number of hydrogen-bond donors (Lipinski definition) is 0. The molecule has 2 saturated heterocycles. The van der Waals surface area contributed by atoms with Crippen molar-refractivity contribution < 1.29 is 4.79 Å². The lowest BCUT2D eigenvalue weighted by Crippen LogP contribution is -2.40. The molecule has 4 rings (SSSR count). The maximum atomic E-state index is 12.7. The number of likely N-dealkylation sites (tertiary alicyclic amines) is 1. The highest BCUT2D eigenvalue weighted by atomic mass is 16.2. The van der Waals surface area contributed by atoms with Crippen LogP contribution in [-0.2, 0) is 4.79 Å². The van der Waals surface area contributed by atoms with Crippen molar-refractivity contribution in [2.75, 3.05) is 31.1 Å². The monoisotopic (exact) mass is 407 g/mol. The molecule has 4 heterocycles. The number of nitrogens with zero attached hydrogens (tertiary/aromatic N) is 5. The number of amides is 1. The van der Waals surface area contributed by atoms with Crippen molar-refractivity contribution in [1.29, 1.82) is 0 Å². The molecule has 0 N–H and O–H groups in total. The fourth-order valence-corrected chi connectivity index (χ4v) is 4.59. The van der Waals surface area contributed by atoms with E-state index < -0.39 is 0 Å². The minimum absolute atomic E-state index is 0.233. The summed E-state index contributed by atoms with van der Waals surface area (Å²) < 4.78 is 0. The summed E-state index contributed by atoms with van der Waals surface area (Å²) in [6, 6.07) is 4.03. The van der Waals surface area contributed by atoms with E-state index >= 15 is 0 Å². The van der Waals surface area contributed by atoms with Gasteiger partial charge in [-0.2, -0.15) is 0 Å². The first-order valence-corrected chi connectivity index (χ1v) is 11.4. The Hall–Kier alpha value is -2.50. The highest BCUT2D eigenvalue weighted by Gasteiger charge is 2.29. The smallest absolute Gasteiger partial charge is 0.225 e. The van der Waals surface area contributed by atoms with Gasteiger partial charge in [-0.1, -0.05) is 19.9 Å². The van der Waals surface area contributed by atoms with Crippen LogP contribution in [0.5, 0.6) is 0 Å². The van der Waals surface area contributed by atoms with Gasteiger partial charge >= 0.3 is 0 Å². The van der Waals surface area contributed by atoms with Gasteiger partial charge in [0.15, 0.2) is 0 Å². The van der Waals surface area contributed by atoms with Crippen molar-refractivity contribution >= 4 is 11.9 Å². The SMILES string of the molecule is CC(C)CC(=O)N1CCCC(c2nc(N3CCCCC3)ncc2-c2cccnc2)C1. The Balaban J connectivity index is 1.65. The predicted octanol–water partition coefficient (Wildman–Crippen LogP) is 4.28. The van der Waals surface area contributed by atoms with Gasteiger partial charge in [0, 0.05) is 68.2 Å². The van der Waals surface area contributed by atoms with Crippen molar-refractivity contribution in [2.24, 2.45) is 5.92 Å². The van der Waals surface area contributed by atoms with Crippen LogP contribution in [0, 0.1) is 5.92 Å². The van der Waals surface area contributed by atoms with Gasteiger partial charge in [0.2, 0.25) is 11.9 Å². The van der Waals surface area contributed by atoms with Crippen LogP contribution in [0.15, 0.2) is 30.7 Å². The molecule has 2 aromatic rings. The third kappa shape index (κ3) is 4.79. The maximum Gasteiger partial charge on any atom is 0.225 e. The average Bonchev–Trinajstić information content (AvgIpc) is 2.79. The molecule has 6 heteroatoms. The molecule has 0 saturated carbocycles. The number of hydrogen-bond acceptors (Lipinski definition) is 5. The molecule has 2 aliphatic rings. The largest absolute Gasteiger partial charge is 0.342 e. The van der Waals surface area contributed by atoms with E-state index in [-0.39, 0.29) is 11.8 Å². The second-order valence-corrected chi connectivity index (χ2v) is 9.04. The number of rotatable bonds is 5. The van der Waals surface area contributed by atoms with Gasteiger partial charge in [-0.15, -0.1) is 0 Å². The Morgan fingerprint density at radius 1 is 1.13 bits per heavy atom. The maximum absolute atomic E-state index is 12.7. The first kappa shape index (κ1) is 20.8. The first-order chi connectivity index (χ1) is 14.6. The number of aromatic nitrogens is 3. The van der Waals surface area contributed by atoms with Gasteiger partial charge in [0.25, 0.3) is 0 Å². The highest BCUT2D eigenvalue weighted by Crippen LogP contribution is 2.34. The minimum atomic E-state index is 0.233. The molecule has 6 nitrogen and oxygen atoms in total. The van der Waals surface area contributed by atoms with E-state index in [1.54, 1.807) is 6.20 Å². The number of piperidine rings is 2. The molecule has 160 valence electrons. The van der Waals surface area contributed by atoms with Gasteiger partial charge in [0.1, 0.15) is 0 Å². The molecular formula is C24H33N5O.